The van der Waals surface area contributed by atoms with Crippen LogP contribution in [-0.2, 0) is 9.47 Å². The van der Waals surface area contributed by atoms with Crippen LogP contribution in [0.2, 0.25) is 0 Å². The lowest BCUT2D eigenvalue weighted by Crippen LogP contribution is -2.47. The maximum Gasteiger partial charge on any atom is 0.341 e. The SMILES string of the molecule is COC(=O)c1c(C#N)nc(N2CC[C@@H](OCC3(C)CC3)[C@@H](F)C2)c(C)c1C. The molecule has 1 saturated carbocycles. The highest BCUT2D eigenvalue weighted by Gasteiger charge is 2.40. The Morgan fingerprint density at radius 1 is 1.41 bits per heavy atom. The van der Waals surface area contributed by atoms with Crippen molar-refractivity contribution in [3.05, 3.63) is 22.4 Å². The molecule has 0 aromatic carbocycles. The molecular formula is C20H26FN3O3. The number of halogens is 1. The van der Waals surface area contributed by atoms with Crippen LogP contribution in [0.4, 0.5) is 10.2 Å². The third-order valence-corrected chi connectivity index (χ3v) is 5.75. The summed E-state index contributed by atoms with van der Waals surface area (Å²) >= 11 is 0. The van der Waals surface area contributed by atoms with E-state index >= 15 is 0 Å². The molecule has 2 atom stereocenters. The Labute approximate surface area is 159 Å². The predicted octanol–water partition coefficient (Wildman–Crippen LogP) is 3.09. The van der Waals surface area contributed by atoms with Crippen LogP contribution < -0.4 is 4.90 Å². The highest BCUT2D eigenvalue weighted by molar-refractivity contribution is 5.94. The molecule has 2 aliphatic rings. The highest BCUT2D eigenvalue weighted by atomic mass is 19.1. The summed E-state index contributed by atoms with van der Waals surface area (Å²) in [5, 5.41) is 9.41. The molecule has 1 aromatic heterocycles. The second-order valence-electron chi connectivity index (χ2n) is 7.92. The van der Waals surface area contributed by atoms with Crippen molar-refractivity contribution in [2.45, 2.75) is 52.3 Å². The van der Waals surface area contributed by atoms with Crippen LogP contribution in [0.5, 0.6) is 0 Å². The molecular weight excluding hydrogens is 349 g/mol. The Morgan fingerprint density at radius 3 is 2.67 bits per heavy atom. The first-order valence-electron chi connectivity index (χ1n) is 9.30. The summed E-state index contributed by atoms with van der Waals surface area (Å²) in [6.45, 7) is 7.12. The molecule has 2 heterocycles. The van der Waals surface area contributed by atoms with Crippen LogP contribution in [0.3, 0.4) is 0 Å². The predicted molar refractivity (Wildman–Crippen MR) is 98.6 cm³/mol. The van der Waals surface area contributed by atoms with Gasteiger partial charge in [-0.25, -0.2) is 14.2 Å². The summed E-state index contributed by atoms with van der Waals surface area (Å²) in [4.78, 5) is 18.2. The van der Waals surface area contributed by atoms with E-state index in [0.29, 0.717) is 31.0 Å². The monoisotopic (exact) mass is 375 g/mol. The van der Waals surface area contributed by atoms with Gasteiger partial charge < -0.3 is 14.4 Å². The van der Waals surface area contributed by atoms with E-state index in [1.807, 2.05) is 17.9 Å². The van der Waals surface area contributed by atoms with E-state index in [4.69, 9.17) is 9.47 Å². The van der Waals surface area contributed by atoms with Crippen LogP contribution in [0.15, 0.2) is 0 Å². The number of carbonyl (C=O) groups excluding carboxylic acids is 1. The summed E-state index contributed by atoms with van der Waals surface area (Å²) in [7, 11) is 1.27. The molecule has 2 fully saturated rings. The van der Waals surface area contributed by atoms with Crippen molar-refractivity contribution in [1.82, 2.24) is 4.98 Å². The number of aromatic nitrogens is 1. The van der Waals surface area contributed by atoms with Crippen molar-refractivity contribution in [1.29, 1.82) is 5.26 Å². The largest absolute Gasteiger partial charge is 0.465 e. The number of carbonyl (C=O) groups is 1. The Balaban J connectivity index is 1.78. The van der Waals surface area contributed by atoms with Gasteiger partial charge in [-0.1, -0.05) is 6.92 Å². The first-order valence-corrected chi connectivity index (χ1v) is 9.30. The molecule has 0 amide bonds. The van der Waals surface area contributed by atoms with Crippen molar-refractivity contribution in [2.75, 3.05) is 31.7 Å². The molecule has 7 heteroatoms. The quantitative estimate of drug-likeness (QED) is 0.736. The number of esters is 1. The minimum absolute atomic E-state index is 0.00962. The first-order chi connectivity index (χ1) is 12.8. The summed E-state index contributed by atoms with van der Waals surface area (Å²) in [6, 6.07) is 1.97. The number of anilines is 1. The normalized spacial score (nSPS) is 23.6. The van der Waals surface area contributed by atoms with Crippen molar-refractivity contribution >= 4 is 11.8 Å². The molecule has 0 unspecified atom stereocenters. The van der Waals surface area contributed by atoms with E-state index in [1.54, 1.807) is 6.92 Å². The number of ether oxygens (including phenoxy) is 2. The molecule has 0 spiro atoms. The zero-order chi connectivity index (χ0) is 19.8. The van der Waals surface area contributed by atoms with Gasteiger partial charge in [0.2, 0.25) is 0 Å². The number of rotatable bonds is 5. The number of nitrogens with zero attached hydrogens (tertiary/aromatic N) is 3. The Hall–Kier alpha value is -2.20. The smallest absolute Gasteiger partial charge is 0.341 e. The van der Waals surface area contributed by atoms with Crippen molar-refractivity contribution in [3.8, 4) is 6.07 Å². The number of alkyl halides is 1. The van der Waals surface area contributed by atoms with E-state index in [9.17, 15) is 14.4 Å². The highest BCUT2D eigenvalue weighted by Crippen LogP contribution is 2.45. The summed E-state index contributed by atoms with van der Waals surface area (Å²) in [6.07, 6.45) is 1.35. The standard InChI is InChI=1S/C20H26FN3O3/c1-12-13(2)18(23-15(9-22)17(12)19(25)26-4)24-8-5-16(14(21)10-24)27-11-20(3)6-7-20/h14,16H,5-8,10-11H2,1-4H3/t14-,16+/m0/s1. The van der Waals surface area contributed by atoms with E-state index in [0.717, 1.165) is 18.4 Å². The fourth-order valence-electron chi connectivity index (χ4n) is 3.45. The van der Waals surface area contributed by atoms with Crippen molar-refractivity contribution in [2.24, 2.45) is 5.41 Å². The second-order valence-corrected chi connectivity index (χ2v) is 7.92. The Bertz CT molecular complexity index is 786. The van der Waals surface area contributed by atoms with E-state index in [-0.39, 0.29) is 23.2 Å². The molecule has 1 aromatic rings. The fourth-order valence-corrected chi connectivity index (χ4v) is 3.45. The average Bonchev–Trinajstić information content (AvgIpc) is 3.39. The third kappa shape index (κ3) is 3.91. The van der Waals surface area contributed by atoms with Crippen LogP contribution >= 0.6 is 0 Å². The molecule has 0 bridgehead atoms. The molecule has 0 N–H and O–H groups in total. The summed E-state index contributed by atoms with van der Waals surface area (Å²) < 4.78 is 25.3. The van der Waals surface area contributed by atoms with Gasteiger partial charge in [0.25, 0.3) is 0 Å². The van der Waals surface area contributed by atoms with Crippen LogP contribution in [-0.4, -0.2) is 50.0 Å². The lowest BCUT2D eigenvalue weighted by atomic mass is 10.00. The molecule has 146 valence electrons. The van der Waals surface area contributed by atoms with Crippen LogP contribution in [0.25, 0.3) is 0 Å². The van der Waals surface area contributed by atoms with Gasteiger partial charge in [0.05, 0.1) is 31.9 Å². The average molecular weight is 375 g/mol. The Kier molecular flexibility index (Phi) is 5.38. The van der Waals surface area contributed by atoms with Crippen molar-refractivity contribution < 1.29 is 18.7 Å². The number of hydrogen-bond donors (Lipinski definition) is 0. The van der Waals surface area contributed by atoms with Gasteiger partial charge in [-0.15, -0.1) is 0 Å². The topological polar surface area (TPSA) is 75.5 Å². The minimum Gasteiger partial charge on any atom is -0.465 e. The van der Waals surface area contributed by atoms with Gasteiger partial charge in [0.1, 0.15) is 18.1 Å². The van der Waals surface area contributed by atoms with Gasteiger partial charge in [-0.05, 0) is 49.7 Å². The molecule has 0 radical (unpaired) electrons. The summed E-state index contributed by atoms with van der Waals surface area (Å²) in [5.41, 5.74) is 1.81. The van der Waals surface area contributed by atoms with Crippen molar-refractivity contribution in [3.63, 3.8) is 0 Å². The minimum atomic E-state index is -1.12. The lowest BCUT2D eigenvalue weighted by Gasteiger charge is -2.36. The Morgan fingerprint density at radius 2 is 2.11 bits per heavy atom. The van der Waals surface area contributed by atoms with Gasteiger partial charge in [-0.2, -0.15) is 5.26 Å². The zero-order valence-corrected chi connectivity index (χ0v) is 16.3. The molecule has 27 heavy (non-hydrogen) atoms. The fraction of sp³-hybridized carbons (Fsp3) is 0.650. The van der Waals surface area contributed by atoms with Gasteiger partial charge in [0.15, 0.2) is 5.69 Å². The number of methoxy groups -OCH3 is 1. The number of nitriles is 1. The zero-order valence-electron chi connectivity index (χ0n) is 16.3. The molecule has 1 saturated heterocycles. The third-order valence-electron chi connectivity index (χ3n) is 5.75. The number of pyridine rings is 1. The molecule has 6 nitrogen and oxygen atoms in total. The van der Waals surface area contributed by atoms with Gasteiger partial charge in [0, 0.05) is 6.54 Å². The lowest BCUT2D eigenvalue weighted by molar-refractivity contribution is -0.0302. The van der Waals surface area contributed by atoms with E-state index in [2.05, 4.69) is 11.9 Å². The maximum atomic E-state index is 14.7. The number of hydrogen-bond acceptors (Lipinski definition) is 6. The summed E-state index contributed by atoms with van der Waals surface area (Å²) in [5.74, 6) is -0.0396. The van der Waals surface area contributed by atoms with Crippen LogP contribution in [0, 0.1) is 30.6 Å². The second kappa shape index (κ2) is 7.43. The van der Waals surface area contributed by atoms with Gasteiger partial charge in [-0.3, -0.25) is 0 Å². The van der Waals surface area contributed by atoms with E-state index < -0.39 is 18.2 Å². The molecule has 1 aliphatic carbocycles. The number of piperidine rings is 1. The molecule has 3 rings (SSSR count). The van der Waals surface area contributed by atoms with Crippen LogP contribution in [0.1, 0.15) is 53.4 Å². The molecule has 1 aliphatic heterocycles. The van der Waals surface area contributed by atoms with Gasteiger partial charge >= 0.3 is 5.97 Å². The maximum absolute atomic E-state index is 14.7. The first kappa shape index (κ1) is 19.6. The van der Waals surface area contributed by atoms with E-state index in [1.165, 1.54) is 7.11 Å².